The van der Waals surface area contributed by atoms with Crippen LogP contribution in [0.2, 0.25) is 0 Å². The zero-order valence-electron chi connectivity index (χ0n) is 10.1. The van der Waals surface area contributed by atoms with Gasteiger partial charge in [0, 0.05) is 24.6 Å². The SMILES string of the molecule is N/C(CCN(C(=O)C1CC1)c1ccccc1)=N/O. The van der Waals surface area contributed by atoms with Crippen LogP contribution in [0.5, 0.6) is 0 Å². The Morgan fingerprint density at radius 3 is 2.61 bits per heavy atom. The number of para-hydroxylation sites is 1. The lowest BCUT2D eigenvalue weighted by molar-refractivity contribution is -0.119. The molecule has 2 rings (SSSR count). The Kier molecular flexibility index (Phi) is 3.82. The zero-order valence-corrected chi connectivity index (χ0v) is 10.1. The van der Waals surface area contributed by atoms with Crippen LogP contribution in [0, 0.1) is 5.92 Å². The van der Waals surface area contributed by atoms with Crippen molar-refractivity contribution in [2.75, 3.05) is 11.4 Å². The highest BCUT2D eigenvalue weighted by atomic mass is 16.4. The first kappa shape index (κ1) is 12.4. The molecule has 0 heterocycles. The Morgan fingerprint density at radius 2 is 2.06 bits per heavy atom. The van der Waals surface area contributed by atoms with Gasteiger partial charge in [0.15, 0.2) is 0 Å². The number of benzene rings is 1. The molecule has 96 valence electrons. The van der Waals surface area contributed by atoms with E-state index < -0.39 is 0 Å². The topological polar surface area (TPSA) is 78.9 Å². The van der Waals surface area contributed by atoms with E-state index in [2.05, 4.69) is 5.16 Å². The van der Waals surface area contributed by atoms with Crippen LogP contribution in [-0.2, 0) is 4.79 Å². The van der Waals surface area contributed by atoms with Crippen molar-refractivity contribution in [2.24, 2.45) is 16.8 Å². The summed E-state index contributed by atoms with van der Waals surface area (Å²) in [5.41, 5.74) is 6.31. The molecule has 0 radical (unpaired) electrons. The van der Waals surface area contributed by atoms with Gasteiger partial charge < -0.3 is 15.8 Å². The van der Waals surface area contributed by atoms with Crippen LogP contribution in [0.25, 0.3) is 0 Å². The summed E-state index contributed by atoms with van der Waals surface area (Å²) in [6.45, 7) is 0.440. The van der Waals surface area contributed by atoms with E-state index in [0.29, 0.717) is 13.0 Å². The average molecular weight is 247 g/mol. The minimum absolute atomic E-state index is 0.131. The molecular formula is C13H17N3O2. The second-order valence-electron chi connectivity index (χ2n) is 4.44. The van der Waals surface area contributed by atoms with E-state index in [0.717, 1.165) is 18.5 Å². The maximum Gasteiger partial charge on any atom is 0.230 e. The number of hydrogen-bond acceptors (Lipinski definition) is 3. The van der Waals surface area contributed by atoms with E-state index >= 15 is 0 Å². The highest BCUT2D eigenvalue weighted by Crippen LogP contribution is 2.32. The molecule has 1 saturated carbocycles. The van der Waals surface area contributed by atoms with Gasteiger partial charge in [0.1, 0.15) is 5.84 Å². The van der Waals surface area contributed by atoms with Gasteiger partial charge in [0.05, 0.1) is 0 Å². The van der Waals surface area contributed by atoms with Gasteiger partial charge in [-0.2, -0.15) is 0 Å². The standard InChI is InChI=1S/C13H17N3O2/c14-12(15-18)8-9-16(13(17)10-6-7-10)11-4-2-1-3-5-11/h1-5,10,18H,6-9H2,(H2,14,15). The molecule has 0 aliphatic heterocycles. The molecule has 0 unspecified atom stereocenters. The Balaban J connectivity index is 2.10. The third kappa shape index (κ3) is 3.00. The minimum atomic E-state index is 0.131. The van der Waals surface area contributed by atoms with Crippen LogP contribution in [0.1, 0.15) is 19.3 Å². The largest absolute Gasteiger partial charge is 0.409 e. The van der Waals surface area contributed by atoms with E-state index in [9.17, 15) is 4.79 Å². The molecule has 3 N–H and O–H groups in total. The summed E-state index contributed by atoms with van der Waals surface area (Å²) in [4.78, 5) is 13.9. The first-order chi connectivity index (χ1) is 8.72. The van der Waals surface area contributed by atoms with Gasteiger partial charge in [0.2, 0.25) is 5.91 Å². The highest BCUT2D eigenvalue weighted by Gasteiger charge is 2.33. The summed E-state index contributed by atoms with van der Waals surface area (Å²) >= 11 is 0. The van der Waals surface area contributed by atoms with E-state index in [-0.39, 0.29) is 17.7 Å². The van der Waals surface area contributed by atoms with Crippen LogP contribution >= 0.6 is 0 Å². The summed E-state index contributed by atoms with van der Waals surface area (Å²) < 4.78 is 0. The highest BCUT2D eigenvalue weighted by molar-refractivity contribution is 5.97. The fraction of sp³-hybridized carbons (Fsp3) is 0.385. The van der Waals surface area contributed by atoms with E-state index in [4.69, 9.17) is 10.9 Å². The number of amides is 1. The summed E-state index contributed by atoms with van der Waals surface area (Å²) in [5.74, 6) is 0.420. The number of hydrogen-bond donors (Lipinski definition) is 2. The molecule has 0 bridgehead atoms. The van der Waals surface area contributed by atoms with Crippen LogP contribution in [0.4, 0.5) is 5.69 Å². The molecule has 1 fully saturated rings. The van der Waals surface area contributed by atoms with Crippen molar-refractivity contribution in [2.45, 2.75) is 19.3 Å². The molecule has 1 amide bonds. The number of carbonyl (C=O) groups excluding carboxylic acids is 1. The van der Waals surface area contributed by atoms with E-state index in [1.165, 1.54) is 0 Å². The molecule has 0 atom stereocenters. The van der Waals surface area contributed by atoms with Crippen molar-refractivity contribution < 1.29 is 10.0 Å². The third-order valence-electron chi connectivity index (χ3n) is 2.98. The second kappa shape index (κ2) is 5.53. The predicted octanol–water partition coefficient (Wildman–Crippen LogP) is 1.57. The monoisotopic (exact) mass is 247 g/mol. The van der Waals surface area contributed by atoms with Crippen molar-refractivity contribution in [3.8, 4) is 0 Å². The van der Waals surface area contributed by atoms with Gasteiger partial charge in [0.25, 0.3) is 0 Å². The number of oxime groups is 1. The number of rotatable bonds is 5. The van der Waals surface area contributed by atoms with Crippen LogP contribution < -0.4 is 10.6 Å². The number of nitrogens with zero attached hydrogens (tertiary/aromatic N) is 2. The van der Waals surface area contributed by atoms with Gasteiger partial charge in [-0.3, -0.25) is 4.79 Å². The van der Waals surface area contributed by atoms with Gasteiger partial charge >= 0.3 is 0 Å². The van der Waals surface area contributed by atoms with E-state index in [1.807, 2.05) is 30.3 Å². The molecule has 0 aromatic heterocycles. The molecule has 0 saturated heterocycles. The van der Waals surface area contributed by atoms with Gasteiger partial charge in [-0.1, -0.05) is 23.4 Å². The quantitative estimate of drug-likeness (QED) is 0.359. The van der Waals surface area contributed by atoms with Gasteiger partial charge in [-0.25, -0.2) is 0 Å². The maximum atomic E-state index is 12.2. The Hall–Kier alpha value is -2.04. The Morgan fingerprint density at radius 1 is 1.39 bits per heavy atom. The maximum absolute atomic E-state index is 12.2. The van der Waals surface area contributed by atoms with Crippen molar-refractivity contribution in [1.29, 1.82) is 0 Å². The van der Waals surface area contributed by atoms with Gasteiger partial charge in [-0.05, 0) is 25.0 Å². The third-order valence-corrected chi connectivity index (χ3v) is 2.98. The first-order valence-electron chi connectivity index (χ1n) is 6.05. The number of carbonyl (C=O) groups is 1. The van der Waals surface area contributed by atoms with Gasteiger partial charge in [-0.15, -0.1) is 0 Å². The molecule has 5 heteroatoms. The summed E-state index contributed by atoms with van der Waals surface area (Å²) in [5, 5.41) is 11.5. The first-order valence-corrected chi connectivity index (χ1v) is 6.05. The fourth-order valence-electron chi connectivity index (χ4n) is 1.80. The van der Waals surface area contributed by atoms with Crippen LogP contribution in [-0.4, -0.2) is 23.5 Å². The van der Waals surface area contributed by atoms with E-state index in [1.54, 1.807) is 4.90 Å². The molecule has 5 nitrogen and oxygen atoms in total. The van der Waals surface area contributed by atoms with Crippen LogP contribution in [0.15, 0.2) is 35.5 Å². The number of nitrogens with two attached hydrogens (primary N) is 1. The molecule has 1 aromatic carbocycles. The molecule has 18 heavy (non-hydrogen) atoms. The molecular weight excluding hydrogens is 230 g/mol. The number of anilines is 1. The van der Waals surface area contributed by atoms with Crippen molar-refractivity contribution in [3.05, 3.63) is 30.3 Å². The number of amidine groups is 1. The molecule has 1 aliphatic carbocycles. The molecule has 0 spiro atoms. The minimum Gasteiger partial charge on any atom is -0.409 e. The Labute approximate surface area is 106 Å². The average Bonchev–Trinajstić information content (AvgIpc) is 3.24. The predicted molar refractivity (Wildman–Crippen MR) is 69.5 cm³/mol. The summed E-state index contributed by atoms with van der Waals surface area (Å²) in [7, 11) is 0. The molecule has 1 aliphatic rings. The normalized spacial score (nSPS) is 15.4. The van der Waals surface area contributed by atoms with Crippen molar-refractivity contribution >= 4 is 17.4 Å². The summed E-state index contributed by atoms with van der Waals surface area (Å²) in [6.07, 6.45) is 2.29. The lowest BCUT2D eigenvalue weighted by Gasteiger charge is -2.22. The lowest BCUT2D eigenvalue weighted by Crippen LogP contribution is -2.35. The zero-order chi connectivity index (χ0) is 13.0. The summed E-state index contributed by atoms with van der Waals surface area (Å²) in [6, 6.07) is 9.49. The fourth-order valence-corrected chi connectivity index (χ4v) is 1.80. The molecule has 1 aromatic rings. The lowest BCUT2D eigenvalue weighted by atomic mass is 10.2. The Bertz CT molecular complexity index is 441. The van der Waals surface area contributed by atoms with Crippen molar-refractivity contribution in [1.82, 2.24) is 0 Å². The smallest absolute Gasteiger partial charge is 0.230 e. The second-order valence-corrected chi connectivity index (χ2v) is 4.44. The van der Waals surface area contributed by atoms with Crippen LogP contribution in [0.3, 0.4) is 0 Å². The van der Waals surface area contributed by atoms with Crippen molar-refractivity contribution in [3.63, 3.8) is 0 Å².